The van der Waals surface area contributed by atoms with Crippen LogP contribution in [-0.4, -0.2) is 47.2 Å². The summed E-state index contributed by atoms with van der Waals surface area (Å²) in [4.78, 5) is 13.8. The van der Waals surface area contributed by atoms with E-state index in [2.05, 4.69) is 41.3 Å². The summed E-state index contributed by atoms with van der Waals surface area (Å²) in [5.74, 6) is -0.0593. The minimum atomic E-state index is -0.0593. The Morgan fingerprint density at radius 1 is 1.53 bits per heavy atom. The molecule has 0 atom stereocenters. The van der Waals surface area contributed by atoms with Gasteiger partial charge in [0.2, 0.25) is 0 Å². The number of H-pyrrole nitrogens is 1. The number of amides is 1. The number of aromatic amines is 1. The van der Waals surface area contributed by atoms with E-state index < -0.39 is 0 Å². The van der Waals surface area contributed by atoms with Gasteiger partial charge in [-0.2, -0.15) is 5.10 Å². The molecule has 0 fully saturated rings. The summed E-state index contributed by atoms with van der Waals surface area (Å²) in [6.45, 7) is 6.15. The maximum atomic E-state index is 11.5. The van der Waals surface area contributed by atoms with Crippen molar-refractivity contribution in [1.82, 2.24) is 20.4 Å². The van der Waals surface area contributed by atoms with Gasteiger partial charge in [0, 0.05) is 18.8 Å². The first-order valence-electron chi connectivity index (χ1n) is 6.08. The second-order valence-corrected chi connectivity index (χ2v) is 4.52. The Bertz CT molecular complexity index is 321. The Labute approximate surface area is 103 Å². The maximum absolute atomic E-state index is 11.5. The van der Waals surface area contributed by atoms with Crippen molar-refractivity contribution in [3.05, 3.63) is 18.0 Å². The molecule has 0 saturated heterocycles. The number of nitrogens with zero attached hydrogens (tertiary/aromatic N) is 2. The van der Waals surface area contributed by atoms with Crippen LogP contribution in [0.2, 0.25) is 0 Å². The molecule has 1 rings (SSSR count). The van der Waals surface area contributed by atoms with E-state index in [1.165, 1.54) is 6.20 Å². The maximum Gasteiger partial charge on any atom is 0.254 e. The Kier molecular flexibility index (Phi) is 5.69. The lowest BCUT2D eigenvalue weighted by atomic mass is 10.2. The van der Waals surface area contributed by atoms with E-state index in [4.69, 9.17) is 0 Å². The summed E-state index contributed by atoms with van der Waals surface area (Å²) in [5.41, 5.74) is 0.587. The van der Waals surface area contributed by atoms with Crippen LogP contribution in [0.1, 0.15) is 37.0 Å². The molecule has 17 heavy (non-hydrogen) atoms. The number of carbonyl (C=O) groups excluding carboxylic acids is 1. The fourth-order valence-corrected chi connectivity index (χ4v) is 1.42. The van der Waals surface area contributed by atoms with Crippen molar-refractivity contribution in [2.45, 2.75) is 32.7 Å². The highest BCUT2D eigenvalue weighted by molar-refractivity contribution is 5.93. The zero-order valence-electron chi connectivity index (χ0n) is 10.9. The van der Waals surface area contributed by atoms with Crippen molar-refractivity contribution in [3.63, 3.8) is 0 Å². The fraction of sp³-hybridized carbons (Fsp3) is 0.667. The van der Waals surface area contributed by atoms with E-state index in [1.54, 1.807) is 6.20 Å². The van der Waals surface area contributed by atoms with Crippen LogP contribution in [0.25, 0.3) is 0 Å². The standard InChI is InChI=1S/C12H22N4O/c1-10(2)16(3)7-5-4-6-13-12(17)11-8-14-15-9-11/h8-10H,4-7H2,1-3H3,(H,13,17)(H,14,15). The molecule has 0 aliphatic heterocycles. The molecule has 0 saturated carbocycles. The van der Waals surface area contributed by atoms with Gasteiger partial charge in [0.05, 0.1) is 11.8 Å². The van der Waals surface area contributed by atoms with Crippen LogP contribution in [0, 0.1) is 0 Å². The number of aromatic nitrogens is 2. The Morgan fingerprint density at radius 3 is 2.88 bits per heavy atom. The Balaban J connectivity index is 2.07. The van der Waals surface area contributed by atoms with E-state index in [-0.39, 0.29) is 5.91 Å². The van der Waals surface area contributed by atoms with Gasteiger partial charge in [-0.1, -0.05) is 0 Å². The molecule has 0 aliphatic rings. The lowest BCUT2D eigenvalue weighted by Crippen LogP contribution is -2.28. The Morgan fingerprint density at radius 2 is 2.29 bits per heavy atom. The molecule has 0 aliphatic carbocycles. The third kappa shape index (κ3) is 4.99. The number of hydrogen-bond acceptors (Lipinski definition) is 3. The highest BCUT2D eigenvalue weighted by Gasteiger charge is 2.05. The van der Waals surface area contributed by atoms with Crippen LogP contribution < -0.4 is 5.32 Å². The van der Waals surface area contributed by atoms with Crippen molar-refractivity contribution < 1.29 is 4.79 Å². The highest BCUT2D eigenvalue weighted by atomic mass is 16.1. The third-order valence-electron chi connectivity index (χ3n) is 2.87. The minimum absolute atomic E-state index is 0.0593. The molecule has 0 unspecified atom stereocenters. The van der Waals surface area contributed by atoms with Gasteiger partial charge in [0.1, 0.15) is 0 Å². The molecule has 0 spiro atoms. The summed E-state index contributed by atoms with van der Waals surface area (Å²) in [6, 6.07) is 0.579. The molecule has 1 amide bonds. The zero-order chi connectivity index (χ0) is 12.7. The summed E-state index contributed by atoms with van der Waals surface area (Å²) < 4.78 is 0. The lowest BCUT2D eigenvalue weighted by Gasteiger charge is -2.20. The van der Waals surface area contributed by atoms with Crippen LogP contribution >= 0.6 is 0 Å². The number of carbonyl (C=O) groups is 1. The summed E-state index contributed by atoms with van der Waals surface area (Å²) in [5, 5.41) is 9.23. The Hall–Kier alpha value is -1.36. The number of nitrogens with one attached hydrogen (secondary N) is 2. The summed E-state index contributed by atoms with van der Waals surface area (Å²) in [7, 11) is 2.12. The van der Waals surface area contributed by atoms with Crippen molar-refractivity contribution in [3.8, 4) is 0 Å². The van der Waals surface area contributed by atoms with Gasteiger partial charge in [-0.15, -0.1) is 0 Å². The third-order valence-corrected chi connectivity index (χ3v) is 2.87. The lowest BCUT2D eigenvalue weighted by molar-refractivity contribution is 0.0952. The first-order chi connectivity index (χ1) is 8.11. The van der Waals surface area contributed by atoms with Crippen LogP contribution in [0.3, 0.4) is 0 Å². The van der Waals surface area contributed by atoms with Crippen molar-refractivity contribution >= 4 is 5.91 Å². The SMILES string of the molecule is CC(C)N(C)CCCCNC(=O)c1cn[nH]c1. The quantitative estimate of drug-likeness (QED) is 0.703. The molecule has 0 bridgehead atoms. The van der Waals surface area contributed by atoms with E-state index in [0.717, 1.165) is 25.9 Å². The fourth-order valence-electron chi connectivity index (χ4n) is 1.42. The van der Waals surface area contributed by atoms with Crippen molar-refractivity contribution in [2.75, 3.05) is 20.1 Å². The van der Waals surface area contributed by atoms with Crippen LogP contribution in [0.4, 0.5) is 0 Å². The average Bonchev–Trinajstić information content (AvgIpc) is 2.81. The van der Waals surface area contributed by atoms with Gasteiger partial charge in [-0.3, -0.25) is 9.89 Å². The van der Waals surface area contributed by atoms with Crippen LogP contribution in [0.15, 0.2) is 12.4 Å². The predicted molar refractivity (Wildman–Crippen MR) is 67.9 cm³/mol. The molecule has 1 heterocycles. The minimum Gasteiger partial charge on any atom is -0.352 e. The van der Waals surface area contributed by atoms with Gasteiger partial charge in [-0.25, -0.2) is 0 Å². The van der Waals surface area contributed by atoms with Crippen LogP contribution in [0.5, 0.6) is 0 Å². The average molecular weight is 238 g/mol. The van der Waals surface area contributed by atoms with Gasteiger partial charge in [0.25, 0.3) is 5.91 Å². The van der Waals surface area contributed by atoms with E-state index in [9.17, 15) is 4.79 Å². The summed E-state index contributed by atoms with van der Waals surface area (Å²) in [6.07, 6.45) is 5.23. The molecule has 0 radical (unpaired) electrons. The van der Waals surface area contributed by atoms with E-state index >= 15 is 0 Å². The number of unbranched alkanes of at least 4 members (excludes halogenated alkanes) is 1. The first-order valence-corrected chi connectivity index (χ1v) is 6.08. The second kappa shape index (κ2) is 7.06. The molecular weight excluding hydrogens is 216 g/mol. The van der Waals surface area contributed by atoms with Crippen molar-refractivity contribution in [2.24, 2.45) is 0 Å². The smallest absolute Gasteiger partial charge is 0.254 e. The molecule has 5 nitrogen and oxygen atoms in total. The van der Waals surface area contributed by atoms with E-state index in [0.29, 0.717) is 11.6 Å². The van der Waals surface area contributed by atoms with Gasteiger partial charge >= 0.3 is 0 Å². The molecule has 0 aromatic carbocycles. The van der Waals surface area contributed by atoms with Crippen molar-refractivity contribution in [1.29, 1.82) is 0 Å². The molecule has 5 heteroatoms. The molecule has 2 N–H and O–H groups in total. The van der Waals surface area contributed by atoms with E-state index in [1.807, 2.05) is 0 Å². The first kappa shape index (κ1) is 13.7. The predicted octanol–water partition coefficient (Wildman–Crippen LogP) is 1.26. The van der Waals surface area contributed by atoms with Gasteiger partial charge in [-0.05, 0) is 40.3 Å². The zero-order valence-corrected chi connectivity index (χ0v) is 10.9. The molecule has 1 aromatic heterocycles. The van der Waals surface area contributed by atoms with Gasteiger partial charge < -0.3 is 10.2 Å². The highest BCUT2D eigenvalue weighted by Crippen LogP contribution is 1.98. The monoisotopic (exact) mass is 238 g/mol. The van der Waals surface area contributed by atoms with Crippen LogP contribution in [-0.2, 0) is 0 Å². The largest absolute Gasteiger partial charge is 0.352 e. The molecule has 1 aromatic rings. The second-order valence-electron chi connectivity index (χ2n) is 4.52. The number of rotatable bonds is 7. The molecular formula is C12H22N4O. The normalized spacial score (nSPS) is 11.1. The topological polar surface area (TPSA) is 61.0 Å². The number of hydrogen-bond donors (Lipinski definition) is 2. The molecule has 96 valence electrons. The summed E-state index contributed by atoms with van der Waals surface area (Å²) >= 11 is 0. The van der Waals surface area contributed by atoms with Gasteiger partial charge in [0.15, 0.2) is 0 Å².